The molecule has 2 rings (SSSR count). The molecule has 2 aromatic rings. The van der Waals surface area contributed by atoms with E-state index >= 15 is 0 Å². The fraction of sp³-hybridized carbons (Fsp3) is 0.300. The number of aromatic nitrogens is 1. The highest BCUT2D eigenvalue weighted by atomic mass is 35.5. The third-order valence-electron chi connectivity index (χ3n) is 1.76. The Hall–Kier alpha value is -1.22. The monoisotopic (exact) mass is 210 g/mol. The lowest BCUT2D eigenvalue weighted by Crippen LogP contribution is -2.09. The second-order valence-electron chi connectivity index (χ2n) is 3.43. The van der Waals surface area contributed by atoms with E-state index in [-0.39, 0.29) is 0 Å². The molecule has 4 heteroatoms. The van der Waals surface area contributed by atoms with Crippen LogP contribution in [0.2, 0.25) is 5.02 Å². The van der Waals surface area contributed by atoms with Crippen LogP contribution >= 0.6 is 11.6 Å². The topological polar surface area (TPSA) is 38.1 Å². The van der Waals surface area contributed by atoms with Gasteiger partial charge in [0.1, 0.15) is 5.52 Å². The third kappa shape index (κ3) is 1.82. The first-order valence-corrected chi connectivity index (χ1v) is 4.85. The number of oxazole rings is 1. The first-order chi connectivity index (χ1) is 6.65. The number of benzene rings is 1. The summed E-state index contributed by atoms with van der Waals surface area (Å²) in [4.78, 5) is 4.26. The van der Waals surface area contributed by atoms with Gasteiger partial charge in [0.2, 0.25) is 0 Å². The van der Waals surface area contributed by atoms with Gasteiger partial charge in [-0.2, -0.15) is 4.98 Å². The fourth-order valence-electron chi connectivity index (χ4n) is 1.21. The molecule has 0 fully saturated rings. The van der Waals surface area contributed by atoms with Gasteiger partial charge in [-0.1, -0.05) is 11.6 Å². The van der Waals surface area contributed by atoms with Gasteiger partial charge in [-0.3, -0.25) is 0 Å². The molecule has 74 valence electrons. The van der Waals surface area contributed by atoms with Crippen molar-refractivity contribution in [3.05, 3.63) is 23.2 Å². The van der Waals surface area contributed by atoms with Crippen molar-refractivity contribution < 1.29 is 4.42 Å². The molecule has 0 amide bonds. The normalized spacial score (nSPS) is 11.1. The maximum absolute atomic E-state index is 5.83. The Morgan fingerprint density at radius 2 is 2.21 bits per heavy atom. The lowest BCUT2D eigenvalue weighted by Gasteiger charge is -2.02. The summed E-state index contributed by atoms with van der Waals surface area (Å²) in [6, 6.07) is 6.24. The quantitative estimate of drug-likeness (QED) is 0.827. The van der Waals surface area contributed by atoms with Gasteiger partial charge >= 0.3 is 0 Å². The first kappa shape index (κ1) is 9.34. The zero-order valence-corrected chi connectivity index (χ0v) is 8.80. The average Bonchev–Trinajstić information content (AvgIpc) is 2.44. The van der Waals surface area contributed by atoms with Crippen LogP contribution in [0.5, 0.6) is 0 Å². The Kier molecular flexibility index (Phi) is 2.33. The van der Waals surface area contributed by atoms with E-state index in [1.54, 1.807) is 12.1 Å². The largest absolute Gasteiger partial charge is 0.423 e. The second-order valence-corrected chi connectivity index (χ2v) is 3.87. The van der Waals surface area contributed by atoms with Crippen molar-refractivity contribution in [1.29, 1.82) is 0 Å². The van der Waals surface area contributed by atoms with E-state index in [9.17, 15) is 0 Å². The molecule has 1 N–H and O–H groups in total. The first-order valence-electron chi connectivity index (χ1n) is 4.48. The Morgan fingerprint density at radius 3 is 2.93 bits per heavy atom. The molecule has 14 heavy (non-hydrogen) atoms. The molecule has 0 bridgehead atoms. The molecule has 0 aliphatic rings. The highest BCUT2D eigenvalue weighted by molar-refractivity contribution is 6.31. The number of halogens is 1. The average molecular weight is 211 g/mol. The Morgan fingerprint density at radius 1 is 1.43 bits per heavy atom. The number of fused-ring (bicyclic) bond motifs is 1. The van der Waals surface area contributed by atoms with Crippen LogP contribution in [0.3, 0.4) is 0 Å². The van der Waals surface area contributed by atoms with Crippen molar-refractivity contribution in [3.63, 3.8) is 0 Å². The molecule has 0 spiro atoms. The molecule has 3 nitrogen and oxygen atoms in total. The number of nitrogens with zero attached hydrogens (tertiary/aromatic N) is 1. The van der Waals surface area contributed by atoms with E-state index in [1.165, 1.54) is 0 Å². The van der Waals surface area contributed by atoms with Crippen molar-refractivity contribution in [1.82, 2.24) is 4.98 Å². The Balaban J connectivity index is 2.41. The molecule has 0 atom stereocenters. The summed E-state index contributed by atoms with van der Waals surface area (Å²) in [5.41, 5.74) is 1.53. The summed E-state index contributed by atoms with van der Waals surface area (Å²) in [5, 5.41) is 3.75. The molecular weight excluding hydrogens is 200 g/mol. The van der Waals surface area contributed by atoms with Crippen LogP contribution in [0.15, 0.2) is 22.6 Å². The van der Waals surface area contributed by atoms with Gasteiger partial charge < -0.3 is 9.73 Å². The van der Waals surface area contributed by atoms with Crippen molar-refractivity contribution in [2.45, 2.75) is 19.9 Å². The number of anilines is 1. The van der Waals surface area contributed by atoms with Crippen molar-refractivity contribution in [2.75, 3.05) is 5.32 Å². The van der Waals surface area contributed by atoms with E-state index in [0.29, 0.717) is 22.7 Å². The summed E-state index contributed by atoms with van der Waals surface area (Å²) in [6.07, 6.45) is 0. The standard InChI is InChI=1S/C10H11ClN2O/c1-6(2)12-10-13-8-4-3-7(11)5-9(8)14-10/h3-6H,1-2H3,(H,12,13). The van der Waals surface area contributed by atoms with Crippen LogP contribution in [-0.4, -0.2) is 11.0 Å². The number of rotatable bonds is 2. The maximum atomic E-state index is 5.83. The van der Waals surface area contributed by atoms with Gasteiger partial charge in [0.25, 0.3) is 6.01 Å². The molecule has 1 heterocycles. The maximum Gasteiger partial charge on any atom is 0.295 e. The van der Waals surface area contributed by atoms with Crippen LogP contribution in [0.25, 0.3) is 11.1 Å². The van der Waals surface area contributed by atoms with Crippen molar-refractivity contribution in [3.8, 4) is 0 Å². The molecule has 0 saturated heterocycles. The zero-order valence-electron chi connectivity index (χ0n) is 8.04. The van der Waals surface area contributed by atoms with E-state index in [1.807, 2.05) is 19.9 Å². The Bertz CT molecular complexity index is 450. The highest BCUT2D eigenvalue weighted by Gasteiger charge is 2.06. The van der Waals surface area contributed by atoms with E-state index in [0.717, 1.165) is 5.52 Å². The van der Waals surface area contributed by atoms with Crippen LogP contribution in [0.1, 0.15) is 13.8 Å². The van der Waals surface area contributed by atoms with E-state index in [4.69, 9.17) is 16.0 Å². The van der Waals surface area contributed by atoms with Crippen molar-refractivity contribution >= 4 is 28.7 Å². The number of hydrogen-bond acceptors (Lipinski definition) is 3. The molecule has 0 unspecified atom stereocenters. The van der Waals surface area contributed by atoms with Gasteiger partial charge in [0.15, 0.2) is 5.58 Å². The minimum absolute atomic E-state index is 0.304. The van der Waals surface area contributed by atoms with Gasteiger partial charge in [0.05, 0.1) is 0 Å². The second kappa shape index (κ2) is 3.50. The van der Waals surface area contributed by atoms with Crippen molar-refractivity contribution in [2.24, 2.45) is 0 Å². The predicted molar refractivity (Wildman–Crippen MR) is 57.8 cm³/mol. The predicted octanol–water partition coefficient (Wildman–Crippen LogP) is 3.30. The summed E-state index contributed by atoms with van der Waals surface area (Å²) in [6.45, 7) is 4.06. The molecule has 0 radical (unpaired) electrons. The minimum atomic E-state index is 0.304. The number of hydrogen-bond donors (Lipinski definition) is 1. The third-order valence-corrected chi connectivity index (χ3v) is 2.00. The van der Waals surface area contributed by atoms with E-state index in [2.05, 4.69) is 10.3 Å². The Labute approximate surface area is 87.1 Å². The molecule has 1 aromatic carbocycles. The van der Waals surface area contributed by atoms with Crippen LogP contribution in [0.4, 0.5) is 6.01 Å². The molecule has 1 aromatic heterocycles. The van der Waals surface area contributed by atoms with Gasteiger partial charge in [-0.25, -0.2) is 0 Å². The smallest absolute Gasteiger partial charge is 0.295 e. The van der Waals surface area contributed by atoms with Crippen LogP contribution in [-0.2, 0) is 0 Å². The molecule has 0 aliphatic heterocycles. The lowest BCUT2D eigenvalue weighted by molar-refractivity contribution is 0.606. The van der Waals surface area contributed by atoms with Gasteiger partial charge in [-0.15, -0.1) is 0 Å². The van der Waals surface area contributed by atoms with E-state index < -0.39 is 0 Å². The molecule has 0 saturated carbocycles. The van der Waals surface area contributed by atoms with Gasteiger partial charge in [-0.05, 0) is 26.0 Å². The fourth-order valence-corrected chi connectivity index (χ4v) is 1.37. The number of nitrogens with one attached hydrogen (secondary N) is 1. The zero-order chi connectivity index (χ0) is 10.1. The minimum Gasteiger partial charge on any atom is -0.423 e. The highest BCUT2D eigenvalue weighted by Crippen LogP contribution is 2.22. The lowest BCUT2D eigenvalue weighted by atomic mass is 10.3. The molecular formula is C10H11ClN2O. The summed E-state index contributed by atoms with van der Waals surface area (Å²) in [5.74, 6) is 0. The summed E-state index contributed by atoms with van der Waals surface area (Å²) >= 11 is 5.83. The SMILES string of the molecule is CC(C)Nc1nc2ccc(Cl)cc2o1. The van der Waals surface area contributed by atoms with Crippen LogP contribution in [0, 0.1) is 0 Å². The summed E-state index contributed by atoms with van der Waals surface area (Å²) < 4.78 is 5.45. The summed E-state index contributed by atoms with van der Waals surface area (Å²) in [7, 11) is 0. The molecule has 0 aliphatic carbocycles. The van der Waals surface area contributed by atoms with Gasteiger partial charge in [0, 0.05) is 17.1 Å². The van der Waals surface area contributed by atoms with Crippen LogP contribution < -0.4 is 5.32 Å².